The number of carbonyl (C=O) groups excluding carboxylic acids is 6. The van der Waals surface area contributed by atoms with Crippen molar-refractivity contribution in [2.75, 3.05) is 151 Å². The Bertz CT molecular complexity index is 2660. The van der Waals surface area contributed by atoms with E-state index in [-0.39, 0.29) is 236 Å². The van der Waals surface area contributed by atoms with Crippen LogP contribution in [0, 0.1) is 79.9 Å². The van der Waals surface area contributed by atoms with Crippen molar-refractivity contribution >= 4 is 83.2 Å². The van der Waals surface area contributed by atoms with Crippen LogP contribution in [0.3, 0.4) is 0 Å². The van der Waals surface area contributed by atoms with E-state index >= 15 is 0 Å². The summed E-state index contributed by atoms with van der Waals surface area (Å²) in [6, 6.07) is 1.35. The third kappa shape index (κ3) is 38.0. The largest absolute Gasteiger partial charge is 0.480 e. The molecule has 0 spiro atoms. The van der Waals surface area contributed by atoms with E-state index in [9.17, 15) is 108 Å². The van der Waals surface area contributed by atoms with E-state index in [4.69, 9.17) is 5.73 Å². The summed E-state index contributed by atoms with van der Waals surface area (Å²) in [5.74, 6) is -13.8. The van der Waals surface area contributed by atoms with Crippen LogP contribution in [0.4, 0.5) is 0 Å². The fourth-order valence-electron chi connectivity index (χ4n) is 10.5. The molecular weight excluding hydrogens is 1550 g/mol. The maximum absolute atomic E-state index is 14.1. The summed E-state index contributed by atoms with van der Waals surface area (Å²) in [6.07, 6.45) is -2.03. The average Bonchev–Trinajstić information content (AvgIpc) is 1.16. The van der Waals surface area contributed by atoms with Crippen molar-refractivity contribution in [1.82, 2.24) is 65.8 Å². The maximum atomic E-state index is 14.1. The number of nitrogens with one attached hydrogen (secondary N) is 5. The number of carboxylic acids is 8. The first-order valence-corrected chi connectivity index (χ1v) is 30.3. The fraction of sp³-hybridized carbons (Fsp3) is 0.649. The van der Waals surface area contributed by atoms with E-state index < -0.39 is 159 Å². The molecule has 6 amide bonds. The Balaban J connectivity index is 0.0000226. The molecule has 2 saturated heterocycles. The molecule has 0 aliphatic carbocycles. The molecule has 0 radical (unpaired) electrons. The van der Waals surface area contributed by atoms with E-state index in [0.717, 1.165) is 0 Å². The van der Waals surface area contributed by atoms with Crippen molar-refractivity contribution in [1.29, 1.82) is 0 Å². The van der Waals surface area contributed by atoms with Gasteiger partial charge >= 0.3 is 47.8 Å². The number of hydrogen-bond donors (Lipinski definition) is 14. The Morgan fingerprint density at radius 1 is 0.389 bits per heavy atom. The van der Waals surface area contributed by atoms with Gasteiger partial charge in [0.25, 0.3) is 0 Å². The summed E-state index contributed by atoms with van der Waals surface area (Å²) in [6.45, 7) is -1.55. The van der Waals surface area contributed by atoms with Gasteiger partial charge in [-0.3, -0.25) is 106 Å². The molecule has 0 bridgehead atoms. The van der Waals surface area contributed by atoms with E-state index in [0.29, 0.717) is 11.1 Å². The summed E-state index contributed by atoms with van der Waals surface area (Å²) in [5.41, 5.74) is 6.37. The van der Waals surface area contributed by atoms with Crippen LogP contribution in [-0.2, 0) is 80.2 Å². The number of carbonyl (C=O) groups is 14. The molecule has 2 heterocycles. The molecule has 1 aromatic rings. The normalized spacial score (nSPS) is 17.2. The Morgan fingerprint density at radius 3 is 0.947 bits per heavy atom. The third-order valence-corrected chi connectivity index (χ3v) is 15.4. The fourth-order valence-corrected chi connectivity index (χ4v) is 10.5. The minimum atomic E-state index is -1.41. The van der Waals surface area contributed by atoms with Gasteiger partial charge in [0.1, 0.15) is 24.2 Å². The first kappa shape index (κ1) is 87.1. The monoisotopic (exact) mass is 1640 g/mol. The summed E-state index contributed by atoms with van der Waals surface area (Å²) < 4.78 is 0. The minimum Gasteiger partial charge on any atom is -0.480 e. The Kier molecular flexibility index (Phi) is 43.2. The average molecular weight is 1640 g/mol. The van der Waals surface area contributed by atoms with Crippen LogP contribution in [0.25, 0.3) is 0 Å². The van der Waals surface area contributed by atoms with Crippen LogP contribution in [0.5, 0.6) is 0 Å². The molecule has 4 atom stereocenters. The van der Waals surface area contributed by atoms with Gasteiger partial charge in [0.05, 0.1) is 39.3 Å². The second-order valence-electron chi connectivity index (χ2n) is 22.6. The molecule has 2 fully saturated rings. The predicted molar refractivity (Wildman–Crippen MR) is 325 cm³/mol. The standard InChI is InChI=1S/C57H90N14O22.2Gd/c1-38(72)62-41(6-9-45(58)73)54(88)60-30-39-2-4-40(5-3-39)31-61-55(89)42(63-47(75)11-8-44(57(92)93)71-28-24-68(36-52(84)85)20-16-65(33-49(78)79)17-21-69(25-29-71)37-53(86)87)12-13-59-46(74)10-7-43(56(90)91)70-26-22-66(34-50(80)81)18-14-64(32-48(76)77)15-19-67(23-27-70)35-51(82)83;;/h2-5,41-44H,6-37H2,1H3,(H2,58,73)(H,59,74)(H,60,88)(H,61,89)(H,62,72)(H,63,75)(H,76,77)(H,78,79)(H,80,81)(H,82,83)(H,84,85)(H,86,87)(H,90,91)(H,92,93);;/t41?,42-,43?,44?;;/m0../s1. The number of aliphatic carboxylic acids is 8. The van der Waals surface area contributed by atoms with Gasteiger partial charge in [-0.05, 0) is 36.8 Å². The molecule has 1 aromatic carbocycles. The zero-order valence-corrected chi connectivity index (χ0v) is 57.4. The minimum absolute atomic E-state index is 0. The number of hydrogen-bond acceptors (Lipinski definition) is 22. The molecule has 38 heteroatoms. The molecule has 3 unspecified atom stereocenters. The quantitative estimate of drug-likeness (QED) is 0.0297. The summed E-state index contributed by atoms with van der Waals surface area (Å²) in [5, 5.41) is 91.9. The van der Waals surface area contributed by atoms with Gasteiger partial charge in [-0.25, -0.2) is 0 Å². The first-order chi connectivity index (χ1) is 44.0. The van der Waals surface area contributed by atoms with Crippen LogP contribution >= 0.6 is 0 Å². The predicted octanol–water partition coefficient (Wildman–Crippen LogP) is -5.90. The van der Waals surface area contributed by atoms with E-state index in [1.165, 1.54) is 41.2 Å². The van der Waals surface area contributed by atoms with Gasteiger partial charge in [0, 0.05) is 230 Å². The van der Waals surface area contributed by atoms with Gasteiger partial charge in [0.15, 0.2) is 0 Å². The van der Waals surface area contributed by atoms with Gasteiger partial charge < -0.3 is 73.2 Å². The SMILES string of the molecule is CC(=O)NC(CCC(N)=O)C(=O)NCc1ccc(CNC(=O)[C@H](CCNC(=O)CCC(C(=O)O)N2CCN(CC(=O)O)CCN(CC(=O)O)CCN(CC(=O)O)CC2)NC(=O)CCC(C(=O)O)N2CCN(CC(=O)O)CCN(CC(=O)O)CCN(CC(=O)O)CC2)cc1.[Gd].[Gd]. The molecular formula is C57H90Gd2N14O22. The van der Waals surface area contributed by atoms with Gasteiger partial charge in [-0.2, -0.15) is 0 Å². The van der Waals surface area contributed by atoms with Crippen molar-refractivity contribution in [2.24, 2.45) is 5.73 Å². The summed E-state index contributed by atoms with van der Waals surface area (Å²) in [4.78, 5) is 186. The van der Waals surface area contributed by atoms with Crippen molar-refractivity contribution in [2.45, 2.75) is 89.1 Å². The van der Waals surface area contributed by atoms with Crippen LogP contribution in [0.15, 0.2) is 24.3 Å². The van der Waals surface area contributed by atoms with Gasteiger partial charge in [-0.1, -0.05) is 24.3 Å². The summed E-state index contributed by atoms with van der Waals surface area (Å²) >= 11 is 0. The van der Waals surface area contributed by atoms with Crippen LogP contribution < -0.4 is 32.3 Å². The summed E-state index contributed by atoms with van der Waals surface area (Å²) in [7, 11) is 0. The molecule has 0 saturated carbocycles. The van der Waals surface area contributed by atoms with E-state index in [1.807, 2.05) is 0 Å². The second-order valence-corrected chi connectivity index (χ2v) is 22.6. The number of carboxylic acid groups (broad SMARTS) is 8. The third-order valence-electron chi connectivity index (χ3n) is 15.4. The number of amides is 6. The first-order valence-electron chi connectivity index (χ1n) is 30.3. The van der Waals surface area contributed by atoms with Crippen molar-refractivity contribution in [3.63, 3.8) is 0 Å². The number of nitrogens with zero attached hydrogens (tertiary/aromatic N) is 8. The van der Waals surface area contributed by atoms with E-state index in [2.05, 4.69) is 26.6 Å². The Morgan fingerprint density at radius 2 is 0.674 bits per heavy atom. The molecule has 36 nitrogen and oxygen atoms in total. The Labute approximate surface area is 612 Å². The van der Waals surface area contributed by atoms with Crippen LogP contribution in [0.1, 0.15) is 63.0 Å². The van der Waals surface area contributed by atoms with Crippen molar-refractivity contribution < 1.29 is 188 Å². The molecule has 3 rings (SSSR count). The molecule has 536 valence electrons. The molecule has 15 N–H and O–H groups in total. The Hall–Kier alpha value is -5.87. The second kappa shape index (κ2) is 47.1. The molecule has 2 aliphatic heterocycles. The number of benzene rings is 1. The molecule has 0 aromatic heterocycles. The zero-order chi connectivity index (χ0) is 69.2. The maximum Gasteiger partial charge on any atom is 0.320 e. The topological polar surface area (TPSA) is 513 Å². The van der Waals surface area contributed by atoms with Crippen molar-refractivity contribution in [3.05, 3.63) is 35.4 Å². The number of rotatable bonds is 36. The van der Waals surface area contributed by atoms with E-state index in [1.54, 1.807) is 29.2 Å². The van der Waals surface area contributed by atoms with Crippen molar-refractivity contribution in [3.8, 4) is 0 Å². The van der Waals surface area contributed by atoms with Crippen LogP contribution in [-0.4, -0.2) is 338 Å². The molecule has 95 heavy (non-hydrogen) atoms. The van der Waals surface area contributed by atoms with Crippen LogP contribution in [0.2, 0.25) is 0 Å². The molecule has 2 aliphatic rings. The smallest absolute Gasteiger partial charge is 0.320 e. The zero-order valence-electron chi connectivity index (χ0n) is 52.9. The van der Waals surface area contributed by atoms with Gasteiger partial charge in [0.2, 0.25) is 35.4 Å². The number of primary amides is 1. The van der Waals surface area contributed by atoms with Gasteiger partial charge in [-0.15, -0.1) is 0 Å². The number of nitrogens with two attached hydrogens (primary N) is 1.